The van der Waals surface area contributed by atoms with Gasteiger partial charge in [0.1, 0.15) is 11.2 Å². The van der Waals surface area contributed by atoms with E-state index < -0.39 is 30.7 Å². The predicted molar refractivity (Wildman–Crippen MR) is 132 cm³/mol. The van der Waals surface area contributed by atoms with Crippen molar-refractivity contribution in [2.24, 2.45) is 23.7 Å². The van der Waals surface area contributed by atoms with Gasteiger partial charge in [0.15, 0.2) is 12.1 Å². The van der Waals surface area contributed by atoms with Gasteiger partial charge in [-0.3, -0.25) is 4.79 Å². The summed E-state index contributed by atoms with van der Waals surface area (Å²) >= 11 is 0. The first-order valence-corrected chi connectivity index (χ1v) is 13.3. The number of fused-ring (bicyclic) bond motifs is 2. The minimum Gasteiger partial charge on any atom is -0.464 e. The monoisotopic (exact) mass is 497 g/mol. The molecule has 4 aliphatic rings. The van der Waals surface area contributed by atoms with E-state index in [-0.39, 0.29) is 36.7 Å². The van der Waals surface area contributed by atoms with Gasteiger partial charge in [-0.1, -0.05) is 32.0 Å². The minimum absolute atomic E-state index is 0.112. The third-order valence-corrected chi connectivity index (χ3v) is 9.42. The smallest absolute Gasteiger partial charge is 0.464 e. The van der Waals surface area contributed by atoms with Crippen molar-refractivity contribution in [1.29, 1.82) is 0 Å². The van der Waals surface area contributed by atoms with Gasteiger partial charge in [-0.15, -0.1) is 0 Å². The first-order valence-electron chi connectivity index (χ1n) is 13.3. The molecule has 1 aromatic carbocycles. The van der Waals surface area contributed by atoms with E-state index in [1.807, 2.05) is 31.2 Å². The standard InChI is InChI=1S/C27H36BNO7/c1-15-8-9-20-16(2)22(34-25-27(20)19(15)10-11-26(3,35-25)36-27)13-24(30)29-23(28(31)32)12-17-14-33-21-7-5-4-6-18(17)21/h4-7,14-16,19-20,22-23,25,31-32H,8-13H2,1-3H3,(H,29,30)/t15-,16-,19+,20+,22-,23+,25-,26?,27-/m1/s1. The summed E-state index contributed by atoms with van der Waals surface area (Å²) in [5.41, 5.74) is 1.09. The molecule has 4 fully saturated rings. The summed E-state index contributed by atoms with van der Waals surface area (Å²) < 4.78 is 25.2. The number of amides is 1. The summed E-state index contributed by atoms with van der Waals surface area (Å²) in [5.74, 6) is -0.456. The predicted octanol–water partition coefficient (Wildman–Crippen LogP) is 3.18. The summed E-state index contributed by atoms with van der Waals surface area (Å²) in [4.78, 5) is 13.2. The molecule has 2 bridgehead atoms. The summed E-state index contributed by atoms with van der Waals surface area (Å²) in [6, 6.07) is 7.56. The molecule has 1 saturated carbocycles. The van der Waals surface area contributed by atoms with Crippen molar-refractivity contribution in [2.75, 3.05) is 0 Å². The maximum absolute atomic E-state index is 13.2. The van der Waals surface area contributed by atoms with Crippen molar-refractivity contribution in [3.63, 3.8) is 0 Å². The third kappa shape index (κ3) is 3.82. The maximum atomic E-state index is 13.2. The molecule has 9 heteroatoms. The molecule has 0 radical (unpaired) electrons. The first-order chi connectivity index (χ1) is 17.2. The molecule has 8 nitrogen and oxygen atoms in total. The Morgan fingerprint density at radius 3 is 2.81 bits per heavy atom. The van der Waals surface area contributed by atoms with Crippen LogP contribution in [0.3, 0.4) is 0 Å². The van der Waals surface area contributed by atoms with Crippen LogP contribution in [0.25, 0.3) is 11.0 Å². The number of hydrogen-bond acceptors (Lipinski definition) is 7. The van der Waals surface area contributed by atoms with Gasteiger partial charge in [0.2, 0.25) is 5.91 Å². The van der Waals surface area contributed by atoms with Crippen LogP contribution < -0.4 is 5.32 Å². The molecule has 3 saturated heterocycles. The molecule has 36 heavy (non-hydrogen) atoms. The number of benzene rings is 1. The SMILES string of the molecule is C[C@H]1[C@@H](CC(=O)N[C@@H](Cc2coc3ccccc23)B(O)O)O[C@@H]2OC3(C)CC[C@H]4[C@H](C)CC[C@@H]1[C@@]24O3. The molecule has 194 valence electrons. The van der Waals surface area contributed by atoms with Crippen molar-refractivity contribution in [1.82, 2.24) is 5.32 Å². The van der Waals surface area contributed by atoms with Crippen molar-refractivity contribution < 1.29 is 33.5 Å². The topological polar surface area (TPSA) is 110 Å². The van der Waals surface area contributed by atoms with E-state index in [0.717, 1.165) is 42.2 Å². The van der Waals surface area contributed by atoms with Gasteiger partial charge >= 0.3 is 7.12 Å². The van der Waals surface area contributed by atoms with Gasteiger partial charge in [-0.05, 0) is 67.9 Å². The summed E-state index contributed by atoms with van der Waals surface area (Å²) in [6.07, 6.45) is 5.26. The summed E-state index contributed by atoms with van der Waals surface area (Å²) in [7, 11) is -1.71. The van der Waals surface area contributed by atoms with Crippen molar-refractivity contribution in [2.45, 2.75) is 89.0 Å². The largest absolute Gasteiger partial charge is 0.475 e. The molecule has 4 heterocycles. The van der Waals surface area contributed by atoms with Crippen LogP contribution in [0.15, 0.2) is 34.9 Å². The van der Waals surface area contributed by atoms with E-state index in [2.05, 4.69) is 19.2 Å². The van der Waals surface area contributed by atoms with E-state index in [1.54, 1.807) is 6.26 Å². The molecule has 1 spiro atoms. The Morgan fingerprint density at radius 2 is 2.00 bits per heavy atom. The first kappa shape index (κ1) is 24.4. The van der Waals surface area contributed by atoms with E-state index in [1.165, 1.54) is 0 Å². The van der Waals surface area contributed by atoms with Crippen molar-refractivity contribution >= 4 is 24.0 Å². The van der Waals surface area contributed by atoms with Gasteiger partial charge in [-0.2, -0.15) is 0 Å². The van der Waals surface area contributed by atoms with Crippen LogP contribution in [0.1, 0.15) is 58.4 Å². The fraction of sp³-hybridized carbons (Fsp3) is 0.667. The zero-order valence-electron chi connectivity index (χ0n) is 21.2. The summed E-state index contributed by atoms with van der Waals surface area (Å²) in [5, 5.41) is 23.8. The molecule has 1 aromatic heterocycles. The molecule has 6 rings (SSSR count). The number of ether oxygens (including phenoxy) is 3. The van der Waals surface area contributed by atoms with Crippen LogP contribution in [0, 0.1) is 23.7 Å². The molecule has 1 aliphatic carbocycles. The lowest BCUT2D eigenvalue weighted by Gasteiger charge is -2.58. The second-order valence-electron chi connectivity index (χ2n) is 11.6. The van der Waals surface area contributed by atoms with E-state index in [4.69, 9.17) is 18.6 Å². The maximum Gasteiger partial charge on any atom is 0.475 e. The Morgan fingerprint density at radius 1 is 1.19 bits per heavy atom. The molecular weight excluding hydrogens is 461 g/mol. The average Bonchev–Trinajstić information content (AvgIpc) is 3.33. The average molecular weight is 497 g/mol. The van der Waals surface area contributed by atoms with Gasteiger partial charge < -0.3 is 34.0 Å². The van der Waals surface area contributed by atoms with Crippen LogP contribution in [0.2, 0.25) is 0 Å². The zero-order valence-corrected chi connectivity index (χ0v) is 21.2. The van der Waals surface area contributed by atoms with Crippen LogP contribution in [0.4, 0.5) is 0 Å². The van der Waals surface area contributed by atoms with Crippen molar-refractivity contribution in [3.8, 4) is 0 Å². The van der Waals surface area contributed by atoms with E-state index >= 15 is 0 Å². The fourth-order valence-electron chi connectivity index (χ4n) is 7.58. The molecule has 1 unspecified atom stereocenters. The quantitative estimate of drug-likeness (QED) is 0.526. The Balaban J connectivity index is 1.17. The van der Waals surface area contributed by atoms with Gasteiger partial charge in [0, 0.05) is 11.8 Å². The highest BCUT2D eigenvalue weighted by molar-refractivity contribution is 6.43. The highest BCUT2D eigenvalue weighted by atomic mass is 16.8. The number of nitrogens with one attached hydrogen (secondary N) is 1. The van der Waals surface area contributed by atoms with Gasteiger partial charge in [0.25, 0.3) is 0 Å². The lowest BCUT2D eigenvalue weighted by atomic mass is 9.56. The molecule has 3 N–H and O–H groups in total. The van der Waals surface area contributed by atoms with Crippen molar-refractivity contribution in [3.05, 3.63) is 36.1 Å². The lowest BCUT2D eigenvalue weighted by molar-refractivity contribution is -0.288. The molecule has 2 aromatic rings. The highest BCUT2D eigenvalue weighted by Crippen LogP contribution is 2.63. The van der Waals surface area contributed by atoms with Crippen LogP contribution in [0.5, 0.6) is 0 Å². The number of rotatable bonds is 6. The number of para-hydroxylation sites is 1. The normalized spacial score (nSPS) is 40.0. The number of hydrogen-bond donors (Lipinski definition) is 3. The van der Waals surface area contributed by atoms with E-state index in [9.17, 15) is 14.8 Å². The fourth-order valence-corrected chi connectivity index (χ4v) is 7.58. The lowest BCUT2D eigenvalue weighted by Crippen LogP contribution is -2.66. The molecule has 3 aliphatic heterocycles. The second-order valence-corrected chi connectivity index (χ2v) is 11.6. The van der Waals surface area contributed by atoms with Crippen LogP contribution in [-0.4, -0.2) is 52.8 Å². The Labute approximate surface area is 211 Å². The van der Waals surface area contributed by atoms with Gasteiger partial charge in [0.05, 0.1) is 24.7 Å². The minimum atomic E-state index is -1.71. The highest BCUT2D eigenvalue weighted by Gasteiger charge is 2.71. The Bertz CT molecular complexity index is 1140. The molecular formula is C27H36BNO7. The van der Waals surface area contributed by atoms with E-state index in [0.29, 0.717) is 11.8 Å². The number of carbonyl (C=O) groups is 1. The molecule has 9 atom stereocenters. The van der Waals surface area contributed by atoms with Crippen LogP contribution >= 0.6 is 0 Å². The Hall–Kier alpha value is -1.91. The van der Waals surface area contributed by atoms with Gasteiger partial charge in [-0.25, -0.2) is 0 Å². The summed E-state index contributed by atoms with van der Waals surface area (Å²) in [6.45, 7) is 6.48. The number of carbonyl (C=O) groups excluding carboxylic acids is 1. The molecule has 1 amide bonds. The Kier molecular flexibility index (Phi) is 6.00. The second kappa shape index (κ2) is 8.84. The van der Waals surface area contributed by atoms with Crippen LogP contribution in [-0.2, 0) is 25.4 Å². The third-order valence-electron chi connectivity index (χ3n) is 9.42. The number of furan rings is 1. The zero-order chi connectivity index (χ0) is 25.2.